The van der Waals surface area contributed by atoms with Crippen LogP contribution >= 0.6 is 11.6 Å². The van der Waals surface area contributed by atoms with Crippen LogP contribution in [0.5, 0.6) is 11.6 Å². The normalized spacial score (nSPS) is 20.6. The molecule has 0 unspecified atom stereocenters. The van der Waals surface area contributed by atoms with Crippen molar-refractivity contribution in [2.75, 3.05) is 25.0 Å². The number of sulfonamides is 1. The zero-order valence-electron chi connectivity index (χ0n) is 33.2. The number of carboxylic acid groups (broad SMARTS) is 1. The maximum atomic E-state index is 13.5. The number of carbonyl (C=O) groups is 2. The van der Waals surface area contributed by atoms with Crippen molar-refractivity contribution < 1.29 is 35.3 Å². The maximum absolute atomic E-state index is 13.5. The summed E-state index contributed by atoms with van der Waals surface area (Å²) in [6, 6.07) is 16.5. The Balaban J connectivity index is 0.906. The standard InChI is InChI=1S/C40H46ClN7O7S/c1-38(2)23-27(24-47(38)37(50)51)9-6-20-42-35-29(55-25-26-7-4-3-5-8-26)11-13-33(44-35)56(52,53)46-36(49)28-10-12-31(43-34(28)41)48-21-14-32(45-48)54-22-15-30-39(16-17-39)40(30)18-19-40/h3-5,7-8,10-14,21,27,30H,6,9,15-20,22-25H2,1-2H3,(H,42,44)(H,46,49)(H,50,51)/t27-/m0/s1/i15D2. The minimum Gasteiger partial charge on any atom is -0.485 e. The first-order valence-electron chi connectivity index (χ1n) is 19.9. The molecule has 8 rings (SSSR count). The number of ether oxygens (including phenoxy) is 2. The van der Waals surface area contributed by atoms with Crippen molar-refractivity contribution in [1.82, 2.24) is 29.4 Å². The highest BCUT2D eigenvalue weighted by atomic mass is 35.5. The Morgan fingerprint density at radius 2 is 1.77 bits per heavy atom. The minimum absolute atomic E-state index is 0.0338. The summed E-state index contributed by atoms with van der Waals surface area (Å²) in [4.78, 5) is 35.1. The lowest BCUT2D eigenvalue weighted by molar-refractivity contribution is 0.0980. The summed E-state index contributed by atoms with van der Waals surface area (Å²) in [5.41, 5.74) is 0.628. The first-order valence-corrected chi connectivity index (χ1v) is 20.7. The predicted molar refractivity (Wildman–Crippen MR) is 208 cm³/mol. The molecule has 14 nitrogen and oxygen atoms in total. The van der Waals surface area contributed by atoms with E-state index in [0.717, 1.165) is 44.1 Å². The molecule has 296 valence electrons. The van der Waals surface area contributed by atoms with E-state index in [4.69, 9.17) is 23.8 Å². The van der Waals surface area contributed by atoms with Gasteiger partial charge in [-0.05, 0) is 118 Å². The third-order valence-corrected chi connectivity index (χ3v) is 13.3. The number of likely N-dealkylation sites (tertiary alicyclic amines) is 1. The summed E-state index contributed by atoms with van der Waals surface area (Å²) < 4.78 is 59.7. The molecule has 56 heavy (non-hydrogen) atoms. The molecule has 1 atom stereocenters. The molecule has 1 aliphatic heterocycles. The molecule has 2 amide bonds. The number of carbonyl (C=O) groups excluding carboxylic acids is 1. The second-order valence-electron chi connectivity index (χ2n) is 15.9. The average Bonchev–Trinajstić information content (AvgIpc) is 4.13. The Bertz CT molecular complexity index is 2320. The summed E-state index contributed by atoms with van der Waals surface area (Å²) in [5.74, 6) is 0.117. The van der Waals surface area contributed by atoms with E-state index in [1.165, 1.54) is 33.8 Å². The number of anilines is 1. The first-order chi connectivity index (χ1) is 27.5. The van der Waals surface area contributed by atoms with Crippen LogP contribution in [0.15, 0.2) is 71.9 Å². The molecule has 3 saturated carbocycles. The van der Waals surface area contributed by atoms with Gasteiger partial charge in [0.2, 0.25) is 5.88 Å². The Morgan fingerprint density at radius 3 is 2.45 bits per heavy atom. The number of benzene rings is 1. The van der Waals surface area contributed by atoms with E-state index in [2.05, 4.69) is 20.4 Å². The largest absolute Gasteiger partial charge is 0.485 e. The third kappa shape index (κ3) is 7.50. The summed E-state index contributed by atoms with van der Waals surface area (Å²) in [6.45, 7) is 4.79. The summed E-state index contributed by atoms with van der Waals surface area (Å²) in [5, 5.41) is 16.4. The highest BCUT2D eigenvalue weighted by Gasteiger charge is 2.85. The third-order valence-electron chi connectivity index (χ3n) is 11.8. The van der Waals surface area contributed by atoms with Crippen LogP contribution in [0.25, 0.3) is 5.82 Å². The number of rotatable bonds is 16. The van der Waals surface area contributed by atoms with Crippen LogP contribution in [-0.4, -0.2) is 75.4 Å². The van der Waals surface area contributed by atoms with Gasteiger partial charge in [-0.3, -0.25) is 4.79 Å². The van der Waals surface area contributed by atoms with Crippen LogP contribution in [0.4, 0.5) is 10.6 Å². The fraction of sp³-hybridized carbons (Fsp3) is 0.475. The number of hydrogen-bond acceptors (Lipinski definition) is 10. The molecule has 4 aliphatic rings. The summed E-state index contributed by atoms with van der Waals surface area (Å²) >= 11 is 6.41. The monoisotopic (exact) mass is 805 g/mol. The fourth-order valence-corrected chi connectivity index (χ4v) is 9.86. The van der Waals surface area contributed by atoms with Gasteiger partial charge in [0.25, 0.3) is 15.9 Å². The van der Waals surface area contributed by atoms with Gasteiger partial charge in [-0.25, -0.2) is 24.2 Å². The molecule has 4 aromatic rings. The van der Waals surface area contributed by atoms with Gasteiger partial charge < -0.3 is 24.8 Å². The number of hydrogen-bond donors (Lipinski definition) is 3. The smallest absolute Gasteiger partial charge is 0.407 e. The van der Waals surface area contributed by atoms with Crippen LogP contribution in [0.1, 0.15) is 83.8 Å². The molecule has 3 aromatic heterocycles. The van der Waals surface area contributed by atoms with Gasteiger partial charge >= 0.3 is 6.09 Å². The second kappa shape index (κ2) is 14.6. The predicted octanol–water partition coefficient (Wildman–Crippen LogP) is 6.94. The fourth-order valence-electron chi connectivity index (χ4n) is 8.70. The van der Waals surface area contributed by atoms with E-state index < -0.39 is 39.0 Å². The van der Waals surface area contributed by atoms with Crippen LogP contribution in [0.3, 0.4) is 0 Å². The van der Waals surface area contributed by atoms with Gasteiger partial charge in [0.15, 0.2) is 22.4 Å². The van der Waals surface area contributed by atoms with E-state index in [1.54, 1.807) is 12.3 Å². The van der Waals surface area contributed by atoms with Crippen molar-refractivity contribution >= 4 is 39.4 Å². The molecule has 1 saturated heterocycles. The number of pyridine rings is 2. The molecular formula is C40H46ClN7O7S. The summed E-state index contributed by atoms with van der Waals surface area (Å²) in [7, 11) is -4.51. The number of fused-ring (bicyclic) bond motifs is 1. The molecule has 4 fully saturated rings. The Morgan fingerprint density at radius 1 is 1.02 bits per heavy atom. The number of aromatic nitrogens is 4. The van der Waals surface area contributed by atoms with Crippen molar-refractivity contribution in [2.45, 2.75) is 82.3 Å². The molecular weight excluding hydrogens is 758 g/mol. The van der Waals surface area contributed by atoms with Crippen LogP contribution in [-0.2, 0) is 16.6 Å². The highest BCUT2D eigenvalue weighted by molar-refractivity contribution is 7.90. The number of nitrogens with one attached hydrogen (secondary N) is 2. The molecule has 3 aliphatic carbocycles. The van der Waals surface area contributed by atoms with Crippen molar-refractivity contribution in [3.63, 3.8) is 0 Å². The lowest BCUT2D eigenvalue weighted by Gasteiger charge is -2.28. The average molecular weight is 806 g/mol. The zero-order valence-corrected chi connectivity index (χ0v) is 32.8. The van der Waals surface area contributed by atoms with E-state index in [0.29, 0.717) is 25.3 Å². The van der Waals surface area contributed by atoms with E-state index >= 15 is 0 Å². The number of amides is 2. The lowest BCUT2D eigenvalue weighted by atomic mass is 9.93. The van der Waals surface area contributed by atoms with Crippen molar-refractivity contribution in [3.05, 3.63) is 83.1 Å². The molecule has 0 bridgehead atoms. The van der Waals surface area contributed by atoms with Gasteiger partial charge in [-0.1, -0.05) is 41.9 Å². The lowest BCUT2D eigenvalue weighted by Crippen LogP contribution is -2.41. The quantitative estimate of drug-likeness (QED) is 0.0789. The maximum Gasteiger partial charge on any atom is 0.407 e. The van der Waals surface area contributed by atoms with E-state index in [-0.39, 0.29) is 64.1 Å². The van der Waals surface area contributed by atoms with Crippen LogP contribution < -0.4 is 19.5 Å². The Kier molecular flexibility index (Phi) is 9.23. The molecule has 1 aromatic carbocycles. The second-order valence-corrected chi connectivity index (χ2v) is 17.9. The van der Waals surface area contributed by atoms with Gasteiger partial charge in [-0.15, -0.1) is 5.10 Å². The van der Waals surface area contributed by atoms with Crippen molar-refractivity contribution in [2.24, 2.45) is 22.7 Å². The minimum atomic E-state index is -4.51. The topological polar surface area (TPSA) is 178 Å². The molecule has 2 spiro atoms. The molecule has 3 N–H and O–H groups in total. The number of nitrogens with zero attached hydrogens (tertiary/aromatic N) is 5. The van der Waals surface area contributed by atoms with E-state index in [9.17, 15) is 23.1 Å². The Hall–Kier alpha value is -4.89. The molecule has 0 radical (unpaired) electrons. The van der Waals surface area contributed by atoms with Gasteiger partial charge in [0, 0.05) is 33.6 Å². The highest BCUT2D eigenvalue weighted by Crippen LogP contribution is 2.93. The molecule has 4 heterocycles. The number of halogens is 1. The molecule has 16 heteroatoms. The van der Waals surface area contributed by atoms with E-state index in [1.807, 2.05) is 48.9 Å². The van der Waals surface area contributed by atoms with Crippen LogP contribution in [0.2, 0.25) is 5.15 Å². The summed E-state index contributed by atoms with van der Waals surface area (Å²) in [6.07, 6.45) is 5.73. The zero-order chi connectivity index (χ0) is 41.1. The van der Waals surface area contributed by atoms with Crippen molar-refractivity contribution in [1.29, 1.82) is 0 Å². The van der Waals surface area contributed by atoms with Gasteiger partial charge in [0.1, 0.15) is 11.8 Å². The van der Waals surface area contributed by atoms with Gasteiger partial charge in [-0.2, -0.15) is 8.42 Å². The Labute approximate surface area is 333 Å². The van der Waals surface area contributed by atoms with Crippen LogP contribution in [0, 0.1) is 22.7 Å². The van der Waals surface area contributed by atoms with Gasteiger partial charge in [0.05, 0.1) is 12.2 Å². The first kappa shape index (κ1) is 35.5. The van der Waals surface area contributed by atoms with Crippen molar-refractivity contribution in [3.8, 4) is 17.4 Å². The SMILES string of the molecule is [2H]C([2H])(COc1ccn(-c2ccc(C(=O)NS(=O)(=O)c3ccc(OCc4ccccc4)c(NCCC[C@@H]4CN(C(=O)O)C(C)(C)C4)n3)c(Cl)n2)n1)C1C2(CC2)C12CC2.